The Bertz CT molecular complexity index is 563. The summed E-state index contributed by atoms with van der Waals surface area (Å²) in [5.41, 5.74) is 1.13. The number of hydrogen-bond acceptors (Lipinski definition) is 4. The Morgan fingerprint density at radius 2 is 2.24 bits per heavy atom. The van der Waals surface area contributed by atoms with Crippen LogP contribution in [-0.2, 0) is 0 Å². The van der Waals surface area contributed by atoms with Crippen LogP contribution in [0.5, 0.6) is 5.75 Å². The van der Waals surface area contributed by atoms with Crippen molar-refractivity contribution in [3.8, 4) is 17.1 Å². The Morgan fingerprint density at radius 1 is 1.47 bits per heavy atom. The fourth-order valence-corrected chi connectivity index (χ4v) is 1.76. The molecule has 2 rings (SSSR count). The van der Waals surface area contributed by atoms with Crippen LogP contribution in [0.25, 0.3) is 11.3 Å². The van der Waals surface area contributed by atoms with Crippen LogP contribution in [0.2, 0.25) is 5.02 Å². The minimum absolute atomic E-state index is 0.104. The number of rotatable bonds is 3. The SMILES string of the molecule is COc1ccc(-c2oncc2C(C)=O)cc1Cl. The van der Waals surface area contributed by atoms with Crippen molar-refractivity contribution in [2.24, 2.45) is 0 Å². The lowest BCUT2D eigenvalue weighted by Crippen LogP contribution is -1.92. The highest BCUT2D eigenvalue weighted by Crippen LogP contribution is 2.31. The molecule has 0 unspecified atom stereocenters. The van der Waals surface area contributed by atoms with Gasteiger partial charge in [-0.1, -0.05) is 16.8 Å². The van der Waals surface area contributed by atoms with E-state index >= 15 is 0 Å². The summed E-state index contributed by atoms with van der Waals surface area (Å²) < 4.78 is 10.1. The van der Waals surface area contributed by atoms with Crippen molar-refractivity contribution >= 4 is 17.4 Å². The molecule has 0 amide bonds. The number of hydrogen-bond donors (Lipinski definition) is 0. The molecule has 0 aliphatic heterocycles. The van der Waals surface area contributed by atoms with E-state index < -0.39 is 0 Å². The average molecular weight is 252 g/mol. The molecule has 5 heteroatoms. The molecule has 0 spiro atoms. The second kappa shape index (κ2) is 4.59. The summed E-state index contributed by atoms with van der Waals surface area (Å²) in [5.74, 6) is 0.884. The van der Waals surface area contributed by atoms with Gasteiger partial charge in [0.1, 0.15) is 5.75 Å². The van der Waals surface area contributed by atoms with E-state index in [1.54, 1.807) is 18.2 Å². The molecule has 2 aromatic rings. The fraction of sp³-hybridized carbons (Fsp3) is 0.167. The maximum Gasteiger partial charge on any atom is 0.177 e. The molecule has 0 saturated heterocycles. The quantitative estimate of drug-likeness (QED) is 0.786. The van der Waals surface area contributed by atoms with Crippen LogP contribution < -0.4 is 4.74 Å². The lowest BCUT2D eigenvalue weighted by Gasteiger charge is -2.04. The third-order valence-electron chi connectivity index (χ3n) is 2.36. The summed E-state index contributed by atoms with van der Waals surface area (Å²) in [4.78, 5) is 11.4. The summed E-state index contributed by atoms with van der Waals surface area (Å²) in [6, 6.07) is 5.15. The van der Waals surface area contributed by atoms with Crippen LogP contribution in [0.1, 0.15) is 17.3 Å². The zero-order valence-corrected chi connectivity index (χ0v) is 10.1. The number of Topliss-reactive ketones (excluding diaryl/α,β-unsaturated/α-hetero) is 1. The number of nitrogens with zero attached hydrogens (tertiary/aromatic N) is 1. The molecule has 1 aromatic heterocycles. The number of carbonyl (C=O) groups is 1. The molecule has 0 aliphatic rings. The van der Waals surface area contributed by atoms with Gasteiger partial charge in [0.2, 0.25) is 0 Å². The second-order valence-electron chi connectivity index (χ2n) is 3.47. The number of halogens is 1. The van der Waals surface area contributed by atoms with Gasteiger partial charge >= 0.3 is 0 Å². The molecule has 0 bridgehead atoms. The number of methoxy groups -OCH3 is 1. The van der Waals surface area contributed by atoms with Gasteiger partial charge in [0.25, 0.3) is 0 Å². The zero-order chi connectivity index (χ0) is 12.4. The van der Waals surface area contributed by atoms with Gasteiger partial charge in [-0.3, -0.25) is 4.79 Å². The van der Waals surface area contributed by atoms with Gasteiger partial charge in [-0.25, -0.2) is 0 Å². The Kier molecular flexibility index (Phi) is 3.15. The molecular weight excluding hydrogens is 242 g/mol. The van der Waals surface area contributed by atoms with Gasteiger partial charge in [-0.15, -0.1) is 0 Å². The van der Waals surface area contributed by atoms with Crippen molar-refractivity contribution in [1.29, 1.82) is 0 Å². The summed E-state index contributed by atoms with van der Waals surface area (Å²) in [6.45, 7) is 1.46. The first-order chi connectivity index (χ1) is 8.13. The largest absolute Gasteiger partial charge is 0.495 e. The standard InChI is InChI=1S/C12H10ClNO3/c1-7(15)9-6-14-17-12(9)8-3-4-11(16-2)10(13)5-8/h3-6H,1-2H3. The maximum absolute atomic E-state index is 11.4. The molecule has 4 nitrogen and oxygen atoms in total. The summed E-state index contributed by atoms with van der Waals surface area (Å²) >= 11 is 6.01. The first-order valence-corrected chi connectivity index (χ1v) is 5.31. The Morgan fingerprint density at radius 3 is 2.82 bits per heavy atom. The minimum atomic E-state index is -0.104. The van der Waals surface area contributed by atoms with Crippen molar-refractivity contribution in [1.82, 2.24) is 5.16 Å². The highest BCUT2D eigenvalue weighted by Gasteiger charge is 2.15. The minimum Gasteiger partial charge on any atom is -0.495 e. The van der Waals surface area contributed by atoms with Crippen molar-refractivity contribution in [3.63, 3.8) is 0 Å². The predicted octanol–water partition coefficient (Wildman–Crippen LogP) is 3.21. The topological polar surface area (TPSA) is 52.3 Å². The van der Waals surface area contributed by atoms with Crippen LogP contribution in [0.3, 0.4) is 0 Å². The van der Waals surface area contributed by atoms with E-state index in [2.05, 4.69) is 5.16 Å². The predicted molar refractivity (Wildman–Crippen MR) is 63.5 cm³/mol. The lowest BCUT2D eigenvalue weighted by molar-refractivity contribution is 0.101. The molecule has 1 aromatic carbocycles. The molecule has 0 fully saturated rings. The molecule has 0 aliphatic carbocycles. The zero-order valence-electron chi connectivity index (χ0n) is 9.36. The van der Waals surface area contributed by atoms with Crippen LogP contribution in [-0.4, -0.2) is 18.0 Å². The van der Waals surface area contributed by atoms with Crippen molar-refractivity contribution in [3.05, 3.63) is 35.0 Å². The molecule has 0 N–H and O–H groups in total. The number of ketones is 1. The van der Waals surface area contributed by atoms with Gasteiger partial charge in [0, 0.05) is 5.56 Å². The van der Waals surface area contributed by atoms with Gasteiger partial charge in [0.15, 0.2) is 11.5 Å². The van der Waals surface area contributed by atoms with E-state index in [-0.39, 0.29) is 5.78 Å². The molecule has 0 saturated carbocycles. The second-order valence-corrected chi connectivity index (χ2v) is 3.88. The number of ether oxygens (including phenoxy) is 1. The fourth-order valence-electron chi connectivity index (χ4n) is 1.51. The molecule has 0 radical (unpaired) electrons. The van der Waals surface area contributed by atoms with Crippen molar-refractivity contribution in [2.75, 3.05) is 7.11 Å². The third kappa shape index (κ3) is 2.17. The Hall–Kier alpha value is -1.81. The smallest absolute Gasteiger partial charge is 0.177 e. The van der Waals surface area contributed by atoms with Crippen LogP contribution >= 0.6 is 11.6 Å². The number of benzene rings is 1. The number of carbonyl (C=O) groups excluding carboxylic acids is 1. The van der Waals surface area contributed by atoms with E-state index in [1.807, 2.05) is 0 Å². The third-order valence-corrected chi connectivity index (χ3v) is 2.66. The number of aromatic nitrogens is 1. The van der Waals surface area contributed by atoms with Crippen molar-refractivity contribution < 1.29 is 14.1 Å². The van der Waals surface area contributed by atoms with Gasteiger partial charge in [-0.05, 0) is 25.1 Å². The highest BCUT2D eigenvalue weighted by atomic mass is 35.5. The van der Waals surface area contributed by atoms with Crippen molar-refractivity contribution in [2.45, 2.75) is 6.92 Å². The molecular formula is C12H10ClNO3. The van der Waals surface area contributed by atoms with Gasteiger partial charge in [0.05, 0.1) is 23.9 Å². The lowest BCUT2D eigenvalue weighted by atomic mass is 10.1. The molecule has 88 valence electrons. The average Bonchev–Trinajstić information content (AvgIpc) is 2.77. The van der Waals surface area contributed by atoms with E-state index in [4.69, 9.17) is 20.9 Å². The van der Waals surface area contributed by atoms with Crippen LogP contribution in [0, 0.1) is 0 Å². The Balaban J connectivity index is 2.50. The van der Waals surface area contributed by atoms with E-state index in [1.165, 1.54) is 20.2 Å². The monoisotopic (exact) mass is 251 g/mol. The van der Waals surface area contributed by atoms with E-state index in [0.29, 0.717) is 27.7 Å². The molecule has 0 atom stereocenters. The summed E-state index contributed by atoms with van der Waals surface area (Å²) in [5, 5.41) is 4.08. The van der Waals surface area contributed by atoms with Crippen LogP contribution in [0.15, 0.2) is 28.9 Å². The first kappa shape index (κ1) is 11.7. The van der Waals surface area contributed by atoms with Gasteiger partial charge in [-0.2, -0.15) is 0 Å². The maximum atomic E-state index is 11.4. The Labute approximate surface area is 103 Å². The van der Waals surface area contributed by atoms with E-state index in [9.17, 15) is 4.79 Å². The van der Waals surface area contributed by atoms with Gasteiger partial charge < -0.3 is 9.26 Å². The highest BCUT2D eigenvalue weighted by molar-refractivity contribution is 6.32. The molecule has 17 heavy (non-hydrogen) atoms. The molecule has 1 heterocycles. The summed E-state index contributed by atoms with van der Waals surface area (Å²) in [7, 11) is 1.54. The normalized spacial score (nSPS) is 10.3. The first-order valence-electron chi connectivity index (χ1n) is 4.93. The summed E-state index contributed by atoms with van der Waals surface area (Å²) in [6.07, 6.45) is 1.40. The van der Waals surface area contributed by atoms with E-state index in [0.717, 1.165) is 0 Å². The van der Waals surface area contributed by atoms with Crippen LogP contribution in [0.4, 0.5) is 0 Å².